The molecule has 2 saturated heterocycles. The molecule has 2 heterocycles. The average Bonchev–Trinajstić information content (AvgIpc) is 2.97. The van der Waals surface area contributed by atoms with Crippen LogP contribution >= 0.6 is 24.2 Å². The predicted molar refractivity (Wildman–Crippen MR) is 86.0 cm³/mol. The maximum atomic E-state index is 12.5. The van der Waals surface area contributed by atoms with Gasteiger partial charge in [0, 0.05) is 12.2 Å². The minimum Gasteiger partial charge on any atom is -0.317 e. The number of fused-ring (bicyclic) bond motifs is 1. The van der Waals surface area contributed by atoms with E-state index >= 15 is 0 Å². The quantitative estimate of drug-likeness (QED) is 0.922. The summed E-state index contributed by atoms with van der Waals surface area (Å²) in [7, 11) is 0. The fourth-order valence-electron chi connectivity index (χ4n) is 2.97. The molecule has 1 aromatic rings. The normalized spacial score (nSPS) is 30.7. The lowest BCUT2D eigenvalue weighted by Crippen LogP contribution is -2.50. The van der Waals surface area contributed by atoms with Crippen molar-refractivity contribution in [2.24, 2.45) is 5.73 Å². The zero-order valence-electron chi connectivity index (χ0n) is 11.6. The minimum atomic E-state index is -0.803. The van der Waals surface area contributed by atoms with Crippen LogP contribution in [0, 0.1) is 11.3 Å². The molecule has 0 aromatic heterocycles. The molecule has 0 radical (unpaired) electrons. The monoisotopic (exact) mass is 323 g/mol. The molecule has 3 rings (SSSR count). The predicted octanol–water partition coefficient (Wildman–Crippen LogP) is 1.94. The molecule has 2 aliphatic heterocycles. The molecule has 2 aliphatic rings. The SMILES string of the molecule is Cl.N#C[C@@H]1CS[C@H]2C[C@](N)(CCc3ccccc3)C(=O)N12. The van der Waals surface area contributed by atoms with E-state index in [9.17, 15) is 4.79 Å². The Hall–Kier alpha value is -1.22. The summed E-state index contributed by atoms with van der Waals surface area (Å²) in [4.78, 5) is 14.2. The van der Waals surface area contributed by atoms with Crippen LogP contribution in [0.25, 0.3) is 0 Å². The lowest BCUT2D eigenvalue weighted by atomic mass is 9.90. The first-order valence-corrected chi connectivity index (χ1v) is 7.86. The first-order chi connectivity index (χ1) is 9.64. The number of carbonyl (C=O) groups is 1. The summed E-state index contributed by atoms with van der Waals surface area (Å²) in [5.41, 5.74) is 6.74. The van der Waals surface area contributed by atoms with Crippen molar-refractivity contribution in [2.45, 2.75) is 36.2 Å². The second kappa shape index (κ2) is 6.27. The summed E-state index contributed by atoms with van der Waals surface area (Å²) in [6, 6.07) is 12.0. The van der Waals surface area contributed by atoms with Crippen molar-refractivity contribution in [1.29, 1.82) is 5.26 Å². The Morgan fingerprint density at radius 2 is 2.14 bits per heavy atom. The van der Waals surface area contributed by atoms with Gasteiger partial charge in [0.15, 0.2) is 0 Å². The smallest absolute Gasteiger partial charge is 0.244 e. The van der Waals surface area contributed by atoms with Crippen molar-refractivity contribution in [3.05, 3.63) is 35.9 Å². The Morgan fingerprint density at radius 3 is 2.81 bits per heavy atom. The molecule has 0 saturated carbocycles. The third-order valence-corrected chi connectivity index (χ3v) is 5.43. The number of nitrogens with two attached hydrogens (primary N) is 1. The topological polar surface area (TPSA) is 70.1 Å². The maximum Gasteiger partial charge on any atom is 0.244 e. The van der Waals surface area contributed by atoms with Crippen molar-refractivity contribution in [1.82, 2.24) is 4.90 Å². The summed E-state index contributed by atoms with van der Waals surface area (Å²) < 4.78 is 0. The van der Waals surface area contributed by atoms with Gasteiger partial charge in [-0.05, 0) is 18.4 Å². The van der Waals surface area contributed by atoms with Crippen LogP contribution in [0.3, 0.4) is 0 Å². The molecule has 1 amide bonds. The molecule has 1 aromatic carbocycles. The van der Waals surface area contributed by atoms with Gasteiger partial charge in [-0.15, -0.1) is 24.2 Å². The van der Waals surface area contributed by atoms with E-state index in [1.807, 2.05) is 18.2 Å². The molecule has 0 unspecified atom stereocenters. The Kier molecular flexibility index (Phi) is 4.82. The first-order valence-electron chi connectivity index (χ1n) is 6.81. The van der Waals surface area contributed by atoms with E-state index < -0.39 is 5.54 Å². The zero-order chi connectivity index (χ0) is 14.2. The molecule has 2 N–H and O–H groups in total. The van der Waals surface area contributed by atoms with Crippen molar-refractivity contribution in [3.8, 4) is 6.07 Å². The lowest BCUT2D eigenvalue weighted by molar-refractivity contribution is -0.133. The standard InChI is InChI=1S/C15H17N3OS.ClH/c16-9-12-10-20-13-8-15(17,14(19)18(12)13)7-6-11-4-2-1-3-5-11;/h1-5,12-13H,6-8,10,17H2;1H/t12-,13+,15-;/m1./s1. The van der Waals surface area contributed by atoms with Gasteiger partial charge in [0.05, 0.1) is 17.0 Å². The zero-order valence-corrected chi connectivity index (χ0v) is 13.2. The molecule has 21 heavy (non-hydrogen) atoms. The highest BCUT2D eigenvalue weighted by atomic mass is 35.5. The van der Waals surface area contributed by atoms with Crippen molar-refractivity contribution in [3.63, 3.8) is 0 Å². The van der Waals surface area contributed by atoms with Crippen LogP contribution in [0.15, 0.2) is 30.3 Å². The average molecular weight is 324 g/mol. The highest BCUT2D eigenvalue weighted by Gasteiger charge is 2.54. The number of amides is 1. The Balaban J connectivity index is 0.00000161. The van der Waals surface area contributed by atoms with Crippen molar-refractivity contribution in [2.75, 3.05) is 5.75 Å². The van der Waals surface area contributed by atoms with Gasteiger partial charge in [0.2, 0.25) is 5.91 Å². The van der Waals surface area contributed by atoms with E-state index in [1.54, 1.807) is 16.7 Å². The van der Waals surface area contributed by atoms with E-state index in [-0.39, 0.29) is 29.7 Å². The number of thioether (sulfide) groups is 1. The number of halogens is 1. The molecule has 0 bridgehead atoms. The molecule has 2 fully saturated rings. The number of aryl methyl sites for hydroxylation is 1. The van der Waals surface area contributed by atoms with E-state index in [4.69, 9.17) is 11.0 Å². The minimum absolute atomic E-state index is 0. The van der Waals surface area contributed by atoms with Crippen molar-refractivity contribution >= 4 is 30.1 Å². The number of carbonyl (C=O) groups excluding carboxylic acids is 1. The van der Waals surface area contributed by atoms with Crippen LogP contribution in [-0.4, -0.2) is 33.5 Å². The number of rotatable bonds is 3. The fourth-order valence-corrected chi connectivity index (χ4v) is 4.43. The molecule has 112 valence electrons. The largest absolute Gasteiger partial charge is 0.317 e. The van der Waals surface area contributed by atoms with Crippen LogP contribution in [0.2, 0.25) is 0 Å². The number of benzene rings is 1. The molecule has 6 heteroatoms. The first kappa shape index (κ1) is 16.2. The van der Waals surface area contributed by atoms with Gasteiger partial charge in [0.1, 0.15) is 6.04 Å². The van der Waals surface area contributed by atoms with Crippen LogP contribution in [0.1, 0.15) is 18.4 Å². The molecule has 4 nitrogen and oxygen atoms in total. The van der Waals surface area contributed by atoms with E-state index in [1.165, 1.54) is 5.56 Å². The third-order valence-electron chi connectivity index (χ3n) is 4.14. The lowest BCUT2D eigenvalue weighted by Gasteiger charge is -2.24. The third kappa shape index (κ3) is 2.89. The van der Waals surface area contributed by atoms with E-state index in [0.717, 1.165) is 6.42 Å². The second-order valence-electron chi connectivity index (χ2n) is 5.49. The van der Waals surface area contributed by atoms with Gasteiger partial charge in [-0.1, -0.05) is 30.3 Å². The fraction of sp³-hybridized carbons (Fsp3) is 0.467. The summed E-state index contributed by atoms with van der Waals surface area (Å²) in [6.07, 6.45) is 2.09. The summed E-state index contributed by atoms with van der Waals surface area (Å²) in [5, 5.41) is 9.20. The summed E-state index contributed by atoms with van der Waals surface area (Å²) >= 11 is 1.68. The van der Waals surface area contributed by atoms with Gasteiger partial charge < -0.3 is 10.6 Å². The van der Waals surface area contributed by atoms with Crippen LogP contribution in [0.4, 0.5) is 0 Å². The van der Waals surface area contributed by atoms with Crippen LogP contribution in [-0.2, 0) is 11.2 Å². The molecular formula is C15H18ClN3OS. The molecular weight excluding hydrogens is 306 g/mol. The van der Waals surface area contributed by atoms with Gasteiger partial charge in [0.25, 0.3) is 0 Å². The van der Waals surface area contributed by atoms with Crippen molar-refractivity contribution < 1.29 is 4.79 Å². The molecule has 0 aliphatic carbocycles. The maximum absolute atomic E-state index is 12.5. The molecule has 0 spiro atoms. The summed E-state index contributed by atoms with van der Waals surface area (Å²) in [5.74, 6) is 0.664. The number of nitrogens with zero attached hydrogens (tertiary/aromatic N) is 2. The van der Waals surface area contributed by atoms with Crippen LogP contribution in [0.5, 0.6) is 0 Å². The highest BCUT2D eigenvalue weighted by Crippen LogP contribution is 2.42. The van der Waals surface area contributed by atoms with Gasteiger partial charge in [-0.2, -0.15) is 5.26 Å². The van der Waals surface area contributed by atoms with Gasteiger partial charge in [-0.25, -0.2) is 0 Å². The van der Waals surface area contributed by atoms with E-state index in [2.05, 4.69) is 18.2 Å². The Bertz CT molecular complexity index is 562. The number of nitriles is 1. The Morgan fingerprint density at radius 1 is 1.43 bits per heavy atom. The summed E-state index contributed by atoms with van der Waals surface area (Å²) in [6.45, 7) is 0. The Labute approximate surface area is 135 Å². The second-order valence-corrected chi connectivity index (χ2v) is 6.70. The van der Waals surface area contributed by atoms with Gasteiger partial charge >= 0.3 is 0 Å². The van der Waals surface area contributed by atoms with Crippen LogP contribution < -0.4 is 5.73 Å². The van der Waals surface area contributed by atoms with Gasteiger partial charge in [-0.3, -0.25) is 4.79 Å². The number of hydrogen-bond acceptors (Lipinski definition) is 4. The highest BCUT2D eigenvalue weighted by molar-refractivity contribution is 8.00. The molecule has 3 atom stereocenters. The van der Waals surface area contributed by atoms with E-state index in [0.29, 0.717) is 18.6 Å². The number of hydrogen-bond donors (Lipinski definition) is 1.